The van der Waals surface area contributed by atoms with Crippen LogP contribution in [0.5, 0.6) is 11.5 Å². The van der Waals surface area contributed by atoms with Crippen LogP contribution in [0.3, 0.4) is 0 Å². The van der Waals surface area contributed by atoms with Crippen molar-refractivity contribution in [3.8, 4) is 23.8 Å². The molecule has 3 aromatic rings. The van der Waals surface area contributed by atoms with Gasteiger partial charge in [0.05, 0.1) is 0 Å². The van der Waals surface area contributed by atoms with Gasteiger partial charge in [0.25, 0.3) is 0 Å². The normalized spacial score (nSPS) is 18.4. The number of fused-ring (bicyclic) bond motifs is 2. The number of hydrogen-bond donors (Lipinski definition) is 1. The molecule has 0 bridgehead atoms. The average Bonchev–Trinajstić information content (AvgIpc) is 3.15. The molecule has 33 heavy (non-hydrogen) atoms. The molecule has 0 spiro atoms. The standard InChI is InChI=1S/C24H27FN6O2/c1-3-15-12-18-19(33-11-10-32-18)13-16(15)14-20-27-21-22(26)28-24(25)29-23(21)31(20)9-7-17-6-4-5-8-30(17)2/h1,12-13,17H,4-11,14H2,2H3,(H2,26,28,29). The van der Waals surface area contributed by atoms with E-state index in [0.29, 0.717) is 66.3 Å². The Morgan fingerprint density at radius 1 is 1.18 bits per heavy atom. The Bertz CT molecular complexity index is 1230. The van der Waals surface area contributed by atoms with Crippen molar-refractivity contribution < 1.29 is 13.9 Å². The number of nitrogens with two attached hydrogens (primary N) is 1. The Kier molecular flexibility index (Phi) is 5.77. The van der Waals surface area contributed by atoms with Crippen LogP contribution in [0.1, 0.15) is 42.6 Å². The Hall–Kier alpha value is -3.38. The molecule has 0 amide bonds. The Morgan fingerprint density at radius 2 is 1.97 bits per heavy atom. The molecule has 2 aliphatic rings. The SMILES string of the molecule is C#Cc1cc2c(cc1Cc1nc3c(N)nc(F)nc3n1CCC1CCCCN1C)OCCO2. The zero-order valence-corrected chi connectivity index (χ0v) is 18.7. The largest absolute Gasteiger partial charge is 0.486 e. The predicted molar refractivity (Wildman–Crippen MR) is 123 cm³/mol. The average molecular weight is 451 g/mol. The molecule has 1 atom stereocenters. The van der Waals surface area contributed by atoms with Crippen molar-refractivity contribution in [1.29, 1.82) is 0 Å². The molecule has 0 aliphatic carbocycles. The smallest absolute Gasteiger partial charge is 0.312 e. The summed E-state index contributed by atoms with van der Waals surface area (Å²) in [5, 5.41) is 0. The first-order valence-corrected chi connectivity index (χ1v) is 11.3. The van der Waals surface area contributed by atoms with Gasteiger partial charge >= 0.3 is 6.08 Å². The van der Waals surface area contributed by atoms with Gasteiger partial charge in [-0.05, 0) is 50.6 Å². The summed E-state index contributed by atoms with van der Waals surface area (Å²) in [7, 11) is 2.16. The number of rotatable bonds is 5. The first kappa shape index (κ1) is 21.5. The molecule has 0 radical (unpaired) electrons. The maximum absolute atomic E-state index is 14.1. The zero-order chi connectivity index (χ0) is 22.9. The fourth-order valence-electron chi connectivity index (χ4n) is 4.78. The molecule has 172 valence electrons. The molecular formula is C24H27FN6O2. The quantitative estimate of drug-likeness (QED) is 0.472. The number of benzene rings is 1. The van der Waals surface area contributed by atoms with Gasteiger partial charge in [0, 0.05) is 24.6 Å². The van der Waals surface area contributed by atoms with Crippen LogP contribution in [0.15, 0.2) is 12.1 Å². The first-order valence-electron chi connectivity index (χ1n) is 11.3. The highest BCUT2D eigenvalue weighted by Crippen LogP contribution is 2.34. The fraction of sp³-hybridized carbons (Fsp3) is 0.458. The van der Waals surface area contributed by atoms with E-state index in [1.165, 1.54) is 12.8 Å². The Labute approximate surface area is 191 Å². The Balaban J connectivity index is 1.53. The number of anilines is 1. The lowest BCUT2D eigenvalue weighted by atomic mass is 10.00. The number of piperidine rings is 1. The number of imidazole rings is 1. The van der Waals surface area contributed by atoms with Crippen LogP contribution in [0, 0.1) is 18.4 Å². The van der Waals surface area contributed by atoms with Gasteiger partial charge in [-0.15, -0.1) is 6.42 Å². The lowest BCUT2D eigenvalue weighted by molar-refractivity contribution is 0.171. The minimum Gasteiger partial charge on any atom is -0.486 e. The van der Waals surface area contributed by atoms with Crippen LogP contribution in [0.2, 0.25) is 0 Å². The number of aryl methyl sites for hydroxylation is 1. The molecule has 1 saturated heterocycles. The summed E-state index contributed by atoms with van der Waals surface area (Å²) in [6, 6.07) is 4.18. The molecule has 2 aliphatic heterocycles. The van der Waals surface area contributed by atoms with Gasteiger partial charge < -0.3 is 24.7 Å². The van der Waals surface area contributed by atoms with E-state index in [-0.39, 0.29) is 5.82 Å². The predicted octanol–water partition coefficient (Wildman–Crippen LogP) is 2.77. The maximum Gasteiger partial charge on any atom is 0.312 e. The molecule has 2 N–H and O–H groups in total. The first-order chi connectivity index (χ1) is 16.0. The van der Waals surface area contributed by atoms with Crippen LogP contribution < -0.4 is 15.2 Å². The summed E-state index contributed by atoms with van der Waals surface area (Å²) in [4.78, 5) is 14.8. The number of nitrogens with zero attached hydrogens (tertiary/aromatic N) is 5. The fourth-order valence-corrected chi connectivity index (χ4v) is 4.78. The lowest BCUT2D eigenvalue weighted by Crippen LogP contribution is -2.36. The molecule has 1 unspecified atom stereocenters. The monoisotopic (exact) mass is 450 g/mol. The van der Waals surface area contributed by atoms with Crippen molar-refractivity contribution in [2.24, 2.45) is 0 Å². The van der Waals surface area contributed by atoms with Gasteiger partial charge in [-0.2, -0.15) is 14.4 Å². The number of nitrogen functional groups attached to an aromatic ring is 1. The lowest BCUT2D eigenvalue weighted by Gasteiger charge is -2.32. The van der Waals surface area contributed by atoms with E-state index in [0.717, 1.165) is 24.9 Å². The molecule has 8 nitrogen and oxygen atoms in total. The maximum atomic E-state index is 14.1. The summed E-state index contributed by atoms with van der Waals surface area (Å²) in [5.74, 6) is 4.78. The molecule has 5 rings (SSSR count). The summed E-state index contributed by atoms with van der Waals surface area (Å²) in [6.45, 7) is 2.72. The third-order valence-electron chi connectivity index (χ3n) is 6.55. The van der Waals surface area contributed by atoms with Gasteiger partial charge in [-0.1, -0.05) is 12.3 Å². The molecular weight excluding hydrogens is 423 g/mol. The van der Waals surface area contributed by atoms with Gasteiger partial charge in [-0.25, -0.2) is 4.98 Å². The highest BCUT2D eigenvalue weighted by atomic mass is 19.1. The molecule has 2 aromatic heterocycles. The summed E-state index contributed by atoms with van der Waals surface area (Å²) in [6.07, 6.45) is 9.86. The van der Waals surface area contributed by atoms with Crippen molar-refractivity contribution in [1.82, 2.24) is 24.4 Å². The van der Waals surface area contributed by atoms with Gasteiger partial charge in [0.2, 0.25) is 0 Å². The van der Waals surface area contributed by atoms with E-state index >= 15 is 0 Å². The number of likely N-dealkylation sites (tertiary alicyclic amines) is 1. The third-order valence-corrected chi connectivity index (χ3v) is 6.55. The number of hydrogen-bond acceptors (Lipinski definition) is 7. The minimum atomic E-state index is -0.855. The van der Waals surface area contributed by atoms with Gasteiger partial charge in [0.15, 0.2) is 28.5 Å². The van der Waals surface area contributed by atoms with Crippen molar-refractivity contribution in [2.45, 2.75) is 44.7 Å². The van der Waals surface area contributed by atoms with Crippen LogP contribution in [-0.4, -0.2) is 57.3 Å². The topological polar surface area (TPSA) is 91.3 Å². The van der Waals surface area contributed by atoms with Crippen LogP contribution in [-0.2, 0) is 13.0 Å². The molecule has 4 heterocycles. The van der Waals surface area contributed by atoms with Crippen LogP contribution >= 0.6 is 0 Å². The van der Waals surface area contributed by atoms with Crippen molar-refractivity contribution >= 4 is 17.0 Å². The highest BCUT2D eigenvalue weighted by Gasteiger charge is 2.23. The number of halogens is 1. The number of aromatic nitrogens is 4. The molecule has 1 fully saturated rings. The second-order valence-electron chi connectivity index (χ2n) is 8.62. The van der Waals surface area contributed by atoms with E-state index in [1.54, 1.807) is 0 Å². The van der Waals surface area contributed by atoms with E-state index in [4.69, 9.17) is 26.6 Å². The molecule has 9 heteroatoms. The van der Waals surface area contributed by atoms with E-state index in [9.17, 15) is 4.39 Å². The van der Waals surface area contributed by atoms with E-state index < -0.39 is 6.08 Å². The van der Waals surface area contributed by atoms with Crippen LogP contribution in [0.4, 0.5) is 10.2 Å². The highest BCUT2D eigenvalue weighted by molar-refractivity contribution is 5.82. The second kappa shape index (κ2) is 8.87. The third kappa shape index (κ3) is 4.18. The van der Waals surface area contributed by atoms with E-state index in [2.05, 4.69) is 27.8 Å². The van der Waals surface area contributed by atoms with Gasteiger partial charge in [-0.3, -0.25) is 0 Å². The molecule has 1 aromatic carbocycles. The summed E-state index contributed by atoms with van der Waals surface area (Å²) >= 11 is 0. The summed E-state index contributed by atoms with van der Waals surface area (Å²) in [5.41, 5.74) is 8.39. The number of ether oxygens (including phenoxy) is 2. The van der Waals surface area contributed by atoms with E-state index in [1.807, 2.05) is 16.7 Å². The molecule has 0 saturated carbocycles. The van der Waals surface area contributed by atoms with Crippen molar-refractivity contribution in [2.75, 3.05) is 32.5 Å². The Morgan fingerprint density at radius 3 is 2.73 bits per heavy atom. The van der Waals surface area contributed by atoms with Crippen molar-refractivity contribution in [3.05, 3.63) is 35.2 Å². The number of terminal acetylenes is 1. The van der Waals surface area contributed by atoms with Gasteiger partial charge in [0.1, 0.15) is 19.0 Å². The summed E-state index contributed by atoms with van der Waals surface area (Å²) < 4.78 is 27.4. The minimum absolute atomic E-state index is 0.0339. The van der Waals surface area contributed by atoms with Crippen molar-refractivity contribution in [3.63, 3.8) is 0 Å². The zero-order valence-electron chi connectivity index (χ0n) is 18.7. The second-order valence-corrected chi connectivity index (χ2v) is 8.62. The van der Waals surface area contributed by atoms with Crippen LogP contribution in [0.25, 0.3) is 11.2 Å².